The molecule has 0 radical (unpaired) electrons. The molecule has 0 unspecified atom stereocenters. The minimum absolute atomic E-state index is 0.851. The smallest absolute Gasteiger partial charge is 0.0492 e. The van der Waals surface area contributed by atoms with E-state index in [1.165, 1.54) is 44.2 Å². The van der Waals surface area contributed by atoms with E-state index in [1.807, 2.05) is 0 Å². The van der Waals surface area contributed by atoms with Crippen LogP contribution < -0.4 is 5.32 Å². The maximum absolute atomic E-state index is 3.60. The van der Waals surface area contributed by atoms with Crippen molar-refractivity contribution in [3.63, 3.8) is 0 Å². The monoisotopic (exact) mass is 328 g/mol. The van der Waals surface area contributed by atoms with Crippen molar-refractivity contribution in [2.75, 3.05) is 5.32 Å². The fourth-order valence-electron chi connectivity index (χ4n) is 3.75. The molecule has 0 aliphatic rings. The molecule has 0 fully saturated rings. The summed E-state index contributed by atoms with van der Waals surface area (Å²) in [5.41, 5.74) is 7.80. The van der Waals surface area contributed by atoms with E-state index in [9.17, 15) is 0 Å². The summed E-state index contributed by atoms with van der Waals surface area (Å²) in [6, 6.07) is 22.0. The summed E-state index contributed by atoms with van der Waals surface area (Å²) in [4.78, 5) is 0. The van der Waals surface area contributed by atoms with Gasteiger partial charge in [-0.25, -0.2) is 0 Å². The number of anilines is 1. The number of aromatic nitrogens is 1. The standard InChI is InChI=1S/C23H24N2/c1-4-25-22-8-6-5-7-20(22)21-14-19(11-12-23(21)25)24-15-18-10-9-16(2)13-17(18)3/h5-14,24H,4,15H2,1-3H3. The third kappa shape index (κ3) is 2.78. The third-order valence-electron chi connectivity index (χ3n) is 5.07. The number of hydrogen-bond acceptors (Lipinski definition) is 1. The average Bonchev–Trinajstić information content (AvgIpc) is 2.94. The number of nitrogens with one attached hydrogen (secondary N) is 1. The molecule has 0 saturated heterocycles. The van der Waals surface area contributed by atoms with Gasteiger partial charge in [-0.05, 0) is 56.2 Å². The minimum atomic E-state index is 0.851. The van der Waals surface area contributed by atoms with Gasteiger partial charge < -0.3 is 9.88 Å². The van der Waals surface area contributed by atoms with Crippen molar-refractivity contribution >= 4 is 27.5 Å². The first-order valence-electron chi connectivity index (χ1n) is 8.98. The van der Waals surface area contributed by atoms with E-state index in [0.717, 1.165) is 13.1 Å². The zero-order valence-electron chi connectivity index (χ0n) is 15.1. The third-order valence-corrected chi connectivity index (χ3v) is 5.07. The highest BCUT2D eigenvalue weighted by molar-refractivity contribution is 6.09. The Bertz CT molecular complexity index is 1060. The van der Waals surface area contributed by atoms with E-state index < -0.39 is 0 Å². The first kappa shape index (κ1) is 15.8. The number of para-hydroxylation sites is 1. The summed E-state index contributed by atoms with van der Waals surface area (Å²) in [5.74, 6) is 0. The molecular weight excluding hydrogens is 304 g/mol. The number of fused-ring (bicyclic) bond motifs is 3. The lowest BCUT2D eigenvalue weighted by atomic mass is 10.1. The van der Waals surface area contributed by atoms with Gasteiger partial charge in [-0.1, -0.05) is 42.0 Å². The van der Waals surface area contributed by atoms with Gasteiger partial charge in [-0.2, -0.15) is 0 Å². The van der Waals surface area contributed by atoms with Crippen molar-refractivity contribution in [2.24, 2.45) is 0 Å². The molecule has 0 aliphatic carbocycles. The number of rotatable bonds is 4. The van der Waals surface area contributed by atoms with E-state index in [4.69, 9.17) is 0 Å². The normalized spacial score (nSPS) is 11.3. The maximum Gasteiger partial charge on any atom is 0.0492 e. The molecule has 0 saturated carbocycles. The molecule has 0 spiro atoms. The Balaban J connectivity index is 1.70. The largest absolute Gasteiger partial charge is 0.381 e. The minimum Gasteiger partial charge on any atom is -0.381 e. The SMILES string of the molecule is CCn1c2ccccc2c2cc(NCc3ccc(C)cc3C)ccc21. The molecule has 0 atom stereocenters. The molecule has 0 aliphatic heterocycles. The number of aryl methyl sites for hydroxylation is 3. The molecule has 4 rings (SSSR count). The number of benzene rings is 3. The lowest BCUT2D eigenvalue weighted by Crippen LogP contribution is -2.01. The van der Waals surface area contributed by atoms with E-state index >= 15 is 0 Å². The zero-order valence-corrected chi connectivity index (χ0v) is 15.1. The van der Waals surface area contributed by atoms with Gasteiger partial charge in [0.15, 0.2) is 0 Å². The van der Waals surface area contributed by atoms with Gasteiger partial charge in [0.05, 0.1) is 0 Å². The molecule has 1 N–H and O–H groups in total. The van der Waals surface area contributed by atoms with Crippen LogP contribution in [0.4, 0.5) is 5.69 Å². The second-order valence-corrected chi connectivity index (χ2v) is 6.78. The van der Waals surface area contributed by atoms with Crippen molar-refractivity contribution in [1.82, 2.24) is 4.57 Å². The molecule has 2 nitrogen and oxygen atoms in total. The lowest BCUT2D eigenvalue weighted by Gasteiger charge is -2.10. The molecule has 1 heterocycles. The predicted octanol–water partition coefficient (Wildman–Crippen LogP) is 6.04. The summed E-state index contributed by atoms with van der Waals surface area (Å²) < 4.78 is 2.39. The molecule has 3 aromatic carbocycles. The van der Waals surface area contributed by atoms with E-state index in [1.54, 1.807) is 0 Å². The van der Waals surface area contributed by atoms with Gasteiger partial charge >= 0.3 is 0 Å². The molecule has 1 aromatic heterocycles. The van der Waals surface area contributed by atoms with Gasteiger partial charge in [0.1, 0.15) is 0 Å². The maximum atomic E-state index is 3.60. The van der Waals surface area contributed by atoms with Crippen molar-refractivity contribution in [2.45, 2.75) is 33.9 Å². The van der Waals surface area contributed by atoms with Gasteiger partial charge in [0.2, 0.25) is 0 Å². The van der Waals surface area contributed by atoms with Crippen LogP contribution in [-0.4, -0.2) is 4.57 Å². The van der Waals surface area contributed by atoms with Crippen LogP contribution in [0.15, 0.2) is 60.7 Å². The first-order valence-corrected chi connectivity index (χ1v) is 8.98. The number of hydrogen-bond donors (Lipinski definition) is 1. The van der Waals surface area contributed by atoms with Crippen LogP contribution >= 0.6 is 0 Å². The zero-order chi connectivity index (χ0) is 17.4. The highest BCUT2D eigenvalue weighted by atomic mass is 15.0. The molecule has 4 aromatic rings. The van der Waals surface area contributed by atoms with Crippen molar-refractivity contribution in [3.05, 3.63) is 77.4 Å². The first-order chi connectivity index (χ1) is 12.2. The molecule has 25 heavy (non-hydrogen) atoms. The lowest BCUT2D eigenvalue weighted by molar-refractivity contribution is 0.827. The molecule has 126 valence electrons. The van der Waals surface area contributed by atoms with Crippen LogP contribution in [0, 0.1) is 13.8 Å². The molecule has 0 bridgehead atoms. The van der Waals surface area contributed by atoms with E-state index in [2.05, 4.69) is 91.3 Å². The second kappa shape index (κ2) is 6.29. The highest BCUT2D eigenvalue weighted by Gasteiger charge is 2.09. The van der Waals surface area contributed by atoms with Gasteiger partial charge in [-0.3, -0.25) is 0 Å². The van der Waals surface area contributed by atoms with Crippen LogP contribution in [0.2, 0.25) is 0 Å². The van der Waals surface area contributed by atoms with Gasteiger partial charge in [-0.15, -0.1) is 0 Å². The van der Waals surface area contributed by atoms with E-state index in [-0.39, 0.29) is 0 Å². The summed E-state index contributed by atoms with van der Waals surface area (Å²) in [6.07, 6.45) is 0. The Kier molecular flexibility index (Phi) is 3.96. The van der Waals surface area contributed by atoms with E-state index in [0.29, 0.717) is 0 Å². The fraction of sp³-hybridized carbons (Fsp3) is 0.217. The van der Waals surface area contributed by atoms with Crippen molar-refractivity contribution in [3.8, 4) is 0 Å². The van der Waals surface area contributed by atoms with Crippen LogP contribution in [0.3, 0.4) is 0 Å². The van der Waals surface area contributed by atoms with Crippen molar-refractivity contribution in [1.29, 1.82) is 0 Å². The number of nitrogens with zero attached hydrogens (tertiary/aromatic N) is 1. The van der Waals surface area contributed by atoms with Gasteiger partial charge in [0, 0.05) is 40.6 Å². The Morgan fingerprint density at radius 1 is 0.840 bits per heavy atom. The summed E-state index contributed by atoms with van der Waals surface area (Å²) in [7, 11) is 0. The van der Waals surface area contributed by atoms with Crippen LogP contribution in [0.25, 0.3) is 21.8 Å². The fourth-order valence-corrected chi connectivity index (χ4v) is 3.75. The molecular formula is C23H24N2. The predicted molar refractivity (Wildman–Crippen MR) is 108 cm³/mol. The Labute approximate surface area is 149 Å². The van der Waals surface area contributed by atoms with Crippen LogP contribution in [0.5, 0.6) is 0 Å². The summed E-state index contributed by atoms with van der Waals surface area (Å²) in [6.45, 7) is 8.37. The molecule has 0 amide bonds. The Morgan fingerprint density at radius 2 is 1.64 bits per heavy atom. The average molecular weight is 328 g/mol. The van der Waals surface area contributed by atoms with Crippen LogP contribution in [0.1, 0.15) is 23.6 Å². The Morgan fingerprint density at radius 3 is 2.44 bits per heavy atom. The quantitative estimate of drug-likeness (QED) is 0.483. The molecule has 2 heteroatoms. The topological polar surface area (TPSA) is 17.0 Å². The summed E-state index contributed by atoms with van der Waals surface area (Å²) >= 11 is 0. The van der Waals surface area contributed by atoms with Crippen molar-refractivity contribution < 1.29 is 0 Å². The Hall–Kier alpha value is -2.74. The van der Waals surface area contributed by atoms with Crippen LogP contribution in [-0.2, 0) is 13.1 Å². The van der Waals surface area contributed by atoms with Gasteiger partial charge in [0.25, 0.3) is 0 Å². The highest BCUT2D eigenvalue weighted by Crippen LogP contribution is 2.31. The second-order valence-electron chi connectivity index (χ2n) is 6.78. The summed E-state index contributed by atoms with van der Waals surface area (Å²) in [5, 5.41) is 6.25.